The topological polar surface area (TPSA) is 12.5 Å². The fraction of sp³-hybridized carbons (Fsp3) is 1.00. The second-order valence-electron chi connectivity index (χ2n) is 3.73. The predicted octanol–water partition coefficient (Wildman–Crippen LogP) is 0.725. The molecule has 0 aliphatic carbocycles. The van der Waals surface area contributed by atoms with E-state index in [1.54, 1.807) is 0 Å². The SMILES string of the molecule is CC1CC2CN(C)CC1O2. The van der Waals surface area contributed by atoms with Gasteiger partial charge in [-0.15, -0.1) is 0 Å². The third-order valence-electron chi connectivity index (χ3n) is 2.64. The van der Waals surface area contributed by atoms with Crippen LogP contribution in [0.1, 0.15) is 13.3 Å². The van der Waals surface area contributed by atoms with Crippen molar-refractivity contribution < 1.29 is 4.74 Å². The van der Waals surface area contributed by atoms with Crippen molar-refractivity contribution >= 4 is 0 Å². The highest BCUT2D eigenvalue weighted by molar-refractivity contribution is 4.87. The number of rotatable bonds is 0. The van der Waals surface area contributed by atoms with Crippen molar-refractivity contribution in [1.29, 1.82) is 0 Å². The van der Waals surface area contributed by atoms with Gasteiger partial charge >= 0.3 is 0 Å². The maximum absolute atomic E-state index is 5.74. The van der Waals surface area contributed by atoms with Crippen LogP contribution < -0.4 is 0 Å². The van der Waals surface area contributed by atoms with Gasteiger partial charge in [0.25, 0.3) is 0 Å². The summed E-state index contributed by atoms with van der Waals surface area (Å²) in [5.41, 5.74) is 0. The van der Waals surface area contributed by atoms with E-state index in [9.17, 15) is 0 Å². The predicted molar refractivity (Wildman–Crippen MR) is 39.9 cm³/mol. The lowest BCUT2D eigenvalue weighted by atomic mass is 10.0. The quantitative estimate of drug-likeness (QED) is 0.493. The Morgan fingerprint density at radius 1 is 1.40 bits per heavy atom. The van der Waals surface area contributed by atoms with Crippen LogP contribution in [0, 0.1) is 5.92 Å². The molecule has 0 spiro atoms. The van der Waals surface area contributed by atoms with Gasteiger partial charge in [0.05, 0.1) is 12.2 Å². The van der Waals surface area contributed by atoms with Crippen molar-refractivity contribution in [3.8, 4) is 0 Å². The number of hydrogen-bond donors (Lipinski definition) is 0. The van der Waals surface area contributed by atoms with E-state index >= 15 is 0 Å². The first kappa shape index (κ1) is 6.62. The van der Waals surface area contributed by atoms with Crippen molar-refractivity contribution in [3.05, 3.63) is 0 Å². The second-order valence-corrected chi connectivity index (χ2v) is 3.73. The number of ether oxygens (including phenoxy) is 1. The maximum atomic E-state index is 5.74. The molecule has 2 heteroatoms. The molecular weight excluding hydrogens is 126 g/mol. The van der Waals surface area contributed by atoms with Crippen LogP contribution in [0.4, 0.5) is 0 Å². The average Bonchev–Trinajstić information content (AvgIpc) is 2.07. The molecule has 2 saturated heterocycles. The van der Waals surface area contributed by atoms with Gasteiger partial charge in [0.1, 0.15) is 0 Å². The molecule has 2 aliphatic heterocycles. The molecule has 2 bridgehead atoms. The van der Waals surface area contributed by atoms with Crippen LogP contribution >= 0.6 is 0 Å². The van der Waals surface area contributed by atoms with Gasteiger partial charge in [-0.05, 0) is 19.4 Å². The van der Waals surface area contributed by atoms with Crippen molar-refractivity contribution in [1.82, 2.24) is 4.90 Å². The van der Waals surface area contributed by atoms with Gasteiger partial charge in [0, 0.05) is 13.1 Å². The fourth-order valence-corrected chi connectivity index (χ4v) is 2.07. The zero-order chi connectivity index (χ0) is 7.14. The number of likely N-dealkylation sites (tertiary alicyclic amines) is 1. The minimum atomic E-state index is 0.531. The molecule has 2 nitrogen and oxygen atoms in total. The molecule has 0 amide bonds. The Kier molecular flexibility index (Phi) is 1.46. The summed E-state index contributed by atoms with van der Waals surface area (Å²) in [7, 11) is 2.18. The third-order valence-corrected chi connectivity index (χ3v) is 2.64. The number of fused-ring (bicyclic) bond motifs is 2. The summed E-state index contributed by atoms with van der Waals surface area (Å²) < 4.78 is 5.74. The molecule has 2 heterocycles. The molecule has 2 aliphatic rings. The minimum Gasteiger partial charge on any atom is -0.372 e. The van der Waals surface area contributed by atoms with E-state index in [1.165, 1.54) is 6.42 Å². The monoisotopic (exact) mass is 141 g/mol. The van der Waals surface area contributed by atoms with Crippen molar-refractivity contribution in [3.63, 3.8) is 0 Å². The summed E-state index contributed by atoms with van der Waals surface area (Å²) >= 11 is 0. The Balaban J connectivity index is 2.06. The first-order valence-electron chi connectivity index (χ1n) is 4.09. The molecule has 58 valence electrons. The first-order chi connectivity index (χ1) is 4.75. The molecule has 0 saturated carbocycles. The third kappa shape index (κ3) is 0.956. The number of hydrogen-bond acceptors (Lipinski definition) is 2. The molecule has 3 unspecified atom stereocenters. The summed E-state index contributed by atoms with van der Waals surface area (Å²) in [5, 5.41) is 0. The smallest absolute Gasteiger partial charge is 0.0732 e. The van der Waals surface area contributed by atoms with Gasteiger partial charge in [0.2, 0.25) is 0 Å². The Bertz CT molecular complexity index is 132. The van der Waals surface area contributed by atoms with E-state index in [1.807, 2.05) is 0 Å². The highest BCUT2D eigenvalue weighted by atomic mass is 16.5. The van der Waals surface area contributed by atoms with Crippen molar-refractivity contribution in [2.75, 3.05) is 20.1 Å². The first-order valence-corrected chi connectivity index (χ1v) is 4.09. The molecule has 3 atom stereocenters. The normalized spacial score (nSPS) is 48.0. The van der Waals surface area contributed by atoms with Crippen molar-refractivity contribution in [2.45, 2.75) is 25.6 Å². The fourth-order valence-electron chi connectivity index (χ4n) is 2.07. The lowest BCUT2D eigenvalue weighted by Crippen LogP contribution is -2.40. The van der Waals surface area contributed by atoms with Gasteiger partial charge in [0.15, 0.2) is 0 Å². The van der Waals surface area contributed by atoms with Crippen LogP contribution in [0.3, 0.4) is 0 Å². The Morgan fingerprint density at radius 3 is 2.90 bits per heavy atom. The van der Waals surface area contributed by atoms with E-state index in [-0.39, 0.29) is 0 Å². The average molecular weight is 141 g/mol. The standard InChI is InChI=1S/C8H15NO/c1-6-3-7-4-9(2)5-8(6)10-7/h6-8H,3-5H2,1-2H3. The summed E-state index contributed by atoms with van der Waals surface area (Å²) in [5.74, 6) is 0.787. The van der Waals surface area contributed by atoms with Gasteiger partial charge in [-0.3, -0.25) is 0 Å². The van der Waals surface area contributed by atoms with Gasteiger partial charge in [-0.2, -0.15) is 0 Å². The molecule has 0 aromatic rings. The molecule has 2 fully saturated rings. The molecule has 0 aromatic heterocycles. The summed E-state index contributed by atoms with van der Waals surface area (Å²) in [4.78, 5) is 2.38. The molecule has 0 aromatic carbocycles. The van der Waals surface area contributed by atoms with Gasteiger partial charge in [-0.25, -0.2) is 0 Å². The summed E-state index contributed by atoms with van der Waals surface area (Å²) in [6.07, 6.45) is 2.34. The Hall–Kier alpha value is -0.0800. The Labute approximate surface area is 62.2 Å². The Morgan fingerprint density at radius 2 is 2.20 bits per heavy atom. The van der Waals surface area contributed by atoms with Crippen molar-refractivity contribution in [2.24, 2.45) is 5.92 Å². The largest absolute Gasteiger partial charge is 0.372 e. The number of morpholine rings is 1. The maximum Gasteiger partial charge on any atom is 0.0732 e. The lowest BCUT2D eigenvalue weighted by Gasteiger charge is -2.29. The van der Waals surface area contributed by atoms with E-state index in [0.29, 0.717) is 12.2 Å². The van der Waals surface area contributed by atoms with Gasteiger partial charge < -0.3 is 9.64 Å². The molecular formula is C8H15NO. The highest BCUT2D eigenvalue weighted by Crippen LogP contribution is 2.30. The van der Waals surface area contributed by atoms with Crippen LogP contribution in [0.15, 0.2) is 0 Å². The van der Waals surface area contributed by atoms with Crippen LogP contribution in [0.2, 0.25) is 0 Å². The molecule has 0 radical (unpaired) electrons. The number of likely N-dealkylation sites (N-methyl/N-ethyl adjacent to an activating group) is 1. The van der Waals surface area contributed by atoms with E-state index in [4.69, 9.17) is 4.74 Å². The minimum absolute atomic E-state index is 0.531. The van der Waals surface area contributed by atoms with Crippen LogP contribution in [-0.4, -0.2) is 37.2 Å². The molecule has 2 rings (SSSR count). The zero-order valence-electron chi connectivity index (χ0n) is 6.71. The molecule has 10 heavy (non-hydrogen) atoms. The van der Waals surface area contributed by atoms with Crippen LogP contribution in [0.5, 0.6) is 0 Å². The van der Waals surface area contributed by atoms with Gasteiger partial charge in [-0.1, -0.05) is 6.92 Å². The second kappa shape index (κ2) is 2.21. The summed E-state index contributed by atoms with van der Waals surface area (Å²) in [6, 6.07) is 0. The van der Waals surface area contributed by atoms with E-state index in [2.05, 4.69) is 18.9 Å². The summed E-state index contributed by atoms with van der Waals surface area (Å²) in [6.45, 7) is 4.57. The van der Waals surface area contributed by atoms with E-state index < -0.39 is 0 Å². The number of nitrogens with zero attached hydrogens (tertiary/aromatic N) is 1. The zero-order valence-corrected chi connectivity index (χ0v) is 6.71. The highest BCUT2D eigenvalue weighted by Gasteiger charge is 2.37. The van der Waals surface area contributed by atoms with E-state index in [0.717, 1.165) is 19.0 Å². The molecule has 0 N–H and O–H groups in total. The lowest BCUT2D eigenvalue weighted by molar-refractivity contribution is -0.0364. The van der Waals surface area contributed by atoms with Crippen LogP contribution in [-0.2, 0) is 4.74 Å². The van der Waals surface area contributed by atoms with Crippen LogP contribution in [0.25, 0.3) is 0 Å².